The number of nitrogens with two attached hydrogens (primary N) is 2. The van der Waals surface area contributed by atoms with Gasteiger partial charge in [-0.15, -0.1) is 0 Å². The van der Waals surface area contributed by atoms with Gasteiger partial charge in [0.2, 0.25) is 0 Å². The maximum absolute atomic E-state index is 11.3. The van der Waals surface area contributed by atoms with E-state index in [4.69, 9.17) is 31.2 Å². The van der Waals surface area contributed by atoms with Crippen LogP contribution in [0.5, 0.6) is 0 Å². The van der Waals surface area contributed by atoms with Gasteiger partial charge in [0.15, 0.2) is 0 Å². The second-order valence-corrected chi connectivity index (χ2v) is 6.92. The summed E-state index contributed by atoms with van der Waals surface area (Å²) in [7, 11) is 0. The van der Waals surface area contributed by atoms with E-state index < -0.39 is 36.0 Å². The molecule has 10 heteroatoms. The summed E-state index contributed by atoms with van der Waals surface area (Å²) in [6.07, 6.45) is -0.217. The van der Waals surface area contributed by atoms with Crippen LogP contribution in [0.15, 0.2) is 60.7 Å². The van der Waals surface area contributed by atoms with E-state index in [1.807, 2.05) is 60.7 Å². The molecule has 0 bridgehead atoms. The van der Waals surface area contributed by atoms with Crippen molar-refractivity contribution in [3.8, 4) is 0 Å². The highest BCUT2D eigenvalue weighted by Crippen LogP contribution is 2.04. The molecule has 6 N–H and O–H groups in total. The van der Waals surface area contributed by atoms with Crippen LogP contribution in [0.2, 0.25) is 0 Å². The zero-order valence-electron chi connectivity index (χ0n) is 18.0. The molecular weight excluding hydrogens is 432 g/mol. The van der Waals surface area contributed by atoms with Crippen LogP contribution in [0.4, 0.5) is 0 Å². The lowest BCUT2D eigenvalue weighted by molar-refractivity contribution is -0.149. The predicted molar refractivity (Wildman–Crippen MR) is 118 cm³/mol. The van der Waals surface area contributed by atoms with Gasteiger partial charge in [-0.2, -0.15) is 0 Å². The lowest BCUT2D eigenvalue weighted by atomic mass is 10.2. The Bertz CT molecular complexity index is 890. The first-order chi connectivity index (χ1) is 15.7. The van der Waals surface area contributed by atoms with E-state index in [0.717, 1.165) is 11.1 Å². The summed E-state index contributed by atoms with van der Waals surface area (Å²) in [5.41, 5.74) is 12.2. The van der Waals surface area contributed by atoms with Crippen molar-refractivity contribution in [3.05, 3.63) is 71.8 Å². The molecule has 178 valence electrons. The average molecular weight is 460 g/mol. The van der Waals surface area contributed by atoms with Crippen molar-refractivity contribution in [1.82, 2.24) is 0 Å². The van der Waals surface area contributed by atoms with Crippen molar-refractivity contribution >= 4 is 23.9 Å². The normalized spacial score (nSPS) is 11.8. The fourth-order valence-electron chi connectivity index (χ4n) is 2.27. The van der Waals surface area contributed by atoms with Crippen LogP contribution >= 0.6 is 0 Å². The monoisotopic (exact) mass is 460 g/mol. The predicted octanol–water partition coefficient (Wildman–Crippen LogP) is 1.45. The van der Waals surface area contributed by atoms with E-state index in [1.165, 1.54) is 0 Å². The van der Waals surface area contributed by atoms with Crippen LogP contribution in [0.25, 0.3) is 0 Å². The first kappa shape index (κ1) is 27.3. The fraction of sp³-hybridized carbons (Fsp3) is 0.304. The summed E-state index contributed by atoms with van der Waals surface area (Å²) >= 11 is 0. The van der Waals surface area contributed by atoms with E-state index in [1.54, 1.807) is 0 Å². The summed E-state index contributed by atoms with van der Waals surface area (Å²) in [4.78, 5) is 43.2. The van der Waals surface area contributed by atoms with E-state index in [-0.39, 0.29) is 32.5 Å². The molecule has 2 atom stereocenters. The first-order valence-electron chi connectivity index (χ1n) is 10.0. The highest BCUT2D eigenvalue weighted by Gasteiger charge is 2.17. The lowest BCUT2D eigenvalue weighted by Gasteiger charge is -2.07. The SMILES string of the molecule is NC(CC(=O)OCc1ccccc1)C(=O)O.NC(CCC(=O)OCc1ccccc1)C(=O)O. The summed E-state index contributed by atoms with van der Waals surface area (Å²) < 4.78 is 9.84. The summed E-state index contributed by atoms with van der Waals surface area (Å²) in [5, 5.41) is 17.0. The highest BCUT2D eigenvalue weighted by atomic mass is 16.5. The number of benzene rings is 2. The number of esters is 2. The van der Waals surface area contributed by atoms with Crippen LogP contribution in [0, 0.1) is 0 Å². The van der Waals surface area contributed by atoms with Crippen LogP contribution in [-0.4, -0.2) is 46.2 Å². The molecule has 0 saturated heterocycles. The number of ether oxygens (including phenoxy) is 2. The second-order valence-electron chi connectivity index (χ2n) is 6.92. The van der Waals surface area contributed by atoms with Crippen molar-refractivity contribution in [3.63, 3.8) is 0 Å². The van der Waals surface area contributed by atoms with Gasteiger partial charge in [0, 0.05) is 6.42 Å². The minimum atomic E-state index is -1.21. The maximum atomic E-state index is 11.3. The van der Waals surface area contributed by atoms with Gasteiger partial charge in [-0.1, -0.05) is 60.7 Å². The molecule has 33 heavy (non-hydrogen) atoms. The molecule has 0 amide bonds. The smallest absolute Gasteiger partial charge is 0.321 e. The van der Waals surface area contributed by atoms with Crippen LogP contribution in [0.3, 0.4) is 0 Å². The molecular formula is C23H28N2O8. The van der Waals surface area contributed by atoms with Crippen LogP contribution in [0.1, 0.15) is 30.4 Å². The minimum Gasteiger partial charge on any atom is -0.480 e. The molecule has 0 radical (unpaired) electrons. The molecule has 0 aliphatic heterocycles. The Morgan fingerprint density at radius 3 is 1.55 bits per heavy atom. The first-order valence-corrected chi connectivity index (χ1v) is 10.0. The Morgan fingerprint density at radius 1 is 0.697 bits per heavy atom. The number of hydrogen-bond donors (Lipinski definition) is 4. The van der Waals surface area contributed by atoms with Crippen molar-refractivity contribution < 1.29 is 38.9 Å². The quantitative estimate of drug-likeness (QED) is 0.358. The Kier molecular flexibility index (Phi) is 12.5. The number of aliphatic carboxylic acids is 2. The van der Waals surface area contributed by atoms with Gasteiger partial charge in [-0.3, -0.25) is 19.2 Å². The number of carboxylic acids is 2. The third kappa shape index (κ3) is 12.6. The van der Waals surface area contributed by atoms with Gasteiger partial charge in [-0.25, -0.2) is 0 Å². The molecule has 10 nitrogen and oxygen atoms in total. The number of carboxylic acid groups (broad SMARTS) is 2. The molecule has 2 rings (SSSR count). The highest BCUT2D eigenvalue weighted by molar-refractivity contribution is 5.81. The molecule has 0 spiro atoms. The number of rotatable bonds is 11. The van der Waals surface area contributed by atoms with E-state index in [0.29, 0.717) is 0 Å². The zero-order valence-corrected chi connectivity index (χ0v) is 18.0. The van der Waals surface area contributed by atoms with E-state index >= 15 is 0 Å². The molecule has 0 aliphatic carbocycles. The standard InChI is InChI=1S/C12H15NO4.C11H13NO4/c13-10(12(15)16)6-7-11(14)17-8-9-4-2-1-3-5-9;12-9(11(14)15)6-10(13)16-7-8-4-2-1-3-5-8/h1-5,10H,6-8,13H2,(H,15,16);1-5,9H,6-7,12H2,(H,14,15). The molecule has 0 heterocycles. The van der Waals surface area contributed by atoms with E-state index in [2.05, 4.69) is 0 Å². The largest absolute Gasteiger partial charge is 0.480 e. The van der Waals surface area contributed by atoms with Gasteiger partial charge in [-0.05, 0) is 17.5 Å². The third-order valence-electron chi connectivity index (χ3n) is 4.17. The number of hydrogen-bond acceptors (Lipinski definition) is 8. The van der Waals surface area contributed by atoms with Gasteiger partial charge in [0.1, 0.15) is 25.3 Å². The zero-order chi connectivity index (χ0) is 24.6. The minimum absolute atomic E-state index is 0.0142. The van der Waals surface area contributed by atoms with Crippen molar-refractivity contribution in [2.75, 3.05) is 0 Å². The molecule has 0 aromatic heterocycles. The second kappa shape index (κ2) is 15.1. The summed E-state index contributed by atoms with van der Waals surface area (Å²) in [5.74, 6) is -3.37. The summed E-state index contributed by atoms with van der Waals surface area (Å²) in [6.45, 7) is 0.327. The Morgan fingerprint density at radius 2 is 1.12 bits per heavy atom. The van der Waals surface area contributed by atoms with Gasteiger partial charge < -0.3 is 31.2 Å². The number of carbonyl (C=O) groups is 4. The summed E-state index contributed by atoms with van der Waals surface area (Å²) in [6, 6.07) is 16.2. The van der Waals surface area contributed by atoms with Crippen molar-refractivity contribution in [1.29, 1.82) is 0 Å². The molecule has 0 saturated carbocycles. The van der Waals surface area contributed by atoms with E-state index in [9.17, 15) is 19.2 Å². The van der Waals surface area contributed by atoms with Crippen molar-refractivity contribution in [2.24, 2.45) is 11.5 Å². The Balaban J connectivity index is 0.000000331. The average Bonchev–Trinajstić information content (AvgIpc) is 2.81. The Labute approximate surface area is 191 Å². The van der Waals surface area contributed by atoms with Gasteiger partial charge in [0.05, 0.1) is 6.42 Å². The van der Waals surface area contributed by atoms with Gasteiger partial charge in [0.25, 0.3) is 0 Å². The molecule has 0 fully saturated rings. The fourth-order valence-corrected chi connectivity index (χ4v) is 2.27. The van der Waals surface area contributed by atoms with Gasteiger partial charge >= 0.3 is 23.9 Å². The molecule has 2 aromatic carbocycles. The molecule has 0 aliphatic rings. The van der Waals surface area contributed by atoms with Crippen LogP contribution in [-0.2, 0) is 41.9 Å². The van der Waals surface area contributed by atoms with Crippen LogP contribution < -0.4 is 11.5 Å². The lowest BCUT2D eigenvalue weighted by Crippen LogP contribution is -2.33. The maximum Gasteiger partial charge on any atom is 0.321 e. The number of carbonyl (C=O) groups excluding carboxylic acids is 2. The topological polar surface area (TPSA) is 179 Å². The van der Waals surface area contributed by atoms with Crippen molar-refractivity contribution in [2.45, 2.75) is 44.6 Å². The third-order valence-corrected chi connectivity index (χ3v) is 4.17. The Hall–Kier alpha value is -3.76. The molecule has 2 unspecified atom stereocenters. The molecule has 2 aromatic rings.